The van der Waals surface area contributed by atoms with Crippen LogP contribution in [0.5, 0.6) is 5.75 Å². The summed E-state index contributed by atoms with van der Waals surface area (Å²) >= 11 is 0. The van der Waals surface area contributed by atoms with Crippen LogP contribution in [-0.2, 0) is 13.2 Å². The molecule has 34 heavy (non-hydrogen) atoms. The number of ether oxygens (including phenoxy) is 1. The van der Waals surface area contributed by atoms with Crippen molar-refractivity contribution in [1.29, 1.82) is 0 Å². The smallest absolute Gasteiger partial charge is 0.141 e. The molecule has 0 amide bonds. The first kappa shape index (κ1) is 21.7. The average Bonchev–Trinajstić information content (AvgIpc) is 3.52. The van der Waals surface area contributed by atoms with Gasteiger partial charge in [0, 0.05) is 18.2 Å². The Morgan fingerprint density at radius 3 is 2.74 bits per heavy atom. The van der Waals surface area contributed by atoms with Crippen LogP contribution in [0.15, 0.2) is 53.4 Å². The molecule has 174 valence electrons. The number of nitrogens with zero attached hydrogens (tertiary/aromatic N) is 6. The molecule has 3 aromatic heterocycles. The molecule has 0 bridgehead atoms. The fourth-order valence-corrected chi connectivity index (χ4v) is 4.08. The van der Waals surface area contributed by atoms with Gasteiger partial charge < -0.3 is 19.6 Å². The highest BCUT2D eigenvalue weighted by Gasteiger charge is 2.16. The number of nitrogens with two attached hydrogens (primary N) is 1. The molecule has 0 radical (unpaired) electrons. The minimum atomic E-state index is 0.265. The lowest BCUT2D eigenvalue weighted by molar-refractivity contribution is 0.301. The van der Waals surface area contributed by atoms with Gasteiger partial charge in [0.15, 0.2) is 0 Å². The van der Waals surface area contributed by atoms with Crippen molar-refractivity contribution < 1.29 is 9.26 Å². The molecule has 0 aliphatic carbocycles. The van der Waals surface area contributed by atoms with E-state index < -0.39 is 0 Å². The maximum Gasteiger partial charge on any atom is 0.141 e. The van der Waals surface area contributed by atoms with E-state index in [4.69, 9.17) is 15.0 Å². The number of imidazole rings is 1. The van der Waals surface area contributed by atoms with E-state index >= 15 is 0 Å². The van der Waals surface area contributed by atoms with Gasteiger partial charge in [-0.3, -0.25) is 0 Å². The highest BCUT2D eigenvalue weighted by molar-refractivity contribution is 5.92. The van der Waals surface area contributed by atoms with Crippen LogP contribution in [0.25, 0.3) is 22.2 Å². The molecular formula is C25H27N7O2. The van der Waals surface area contributed by atoms with E-state index in [9.17, 15) is 0 Å². The number of anilines is 1. The van der Waals surface area contributed by atoms with E-state index in [1.807, 2.05) is 55.3 Å². The van der Waals surface area contributed by atoms with Crippen molar-refractivity contribution in [3.05, 3.63) is 71.6 Å². The molecule has 0 unspecified atom stereocenters. The summed E-state index contributed by atoms with van der Waals surface area (Å²) in [5.74, 6) is 1.54. The first-order chi connectivity index (χ1) is 16.4. The Morgan fingerprint density at radius 2 is 2.00 bits per heavy atom. The van der Waals surface area contributed by atoms with Gasteiger partial charge in [0.25, 0.3) is 0 Å². The minimum absolute atomic E-state index is 0.265. The van der Waals surface area contributed by atoms with Crippen LogP contribution in [0.3, 0.4) is 0 Å². The van der Waals surface area contributed by atoms with Gasteiger partial charge in [-0.2, -0.15) is 0 Å². The predicted octanol–water partition coefficient (Wildman–Crippen LogP) is 4.69. The summed E-state index contributed by atoms with van der Waals surface area (Å²) in [4.78, 5) is 4.55. The predicted molar refractivity (Wildman–Crippen MR) is 129 cm³/mol. The van der Waals surface area contributed by atoms with Crippen molar-refractivity contribution in [2.24, 2.45) is 0 Å². The summed E-state index contributed by atoms with van der Waals surface area (Å²) in [6, 6.07) is 12.3. The van der Waals surface area contributed by atoms with E-state index in [-0.39, 0.29) is 6.04 Å². The van der Waals surface area contributed by atoms with Gasteiger partial charge in [-0.05, 0) is 63.1 Å². The van der Waals surface area contributed by atoms with Crippen molar-refractivity contribution in [2.45, 2.75) is 46.9 Å². The second-order valence-corrected chi connectivity index (χ2v) is 8.72. The van der Waals surface area contributed by atoms with Gasteiger partial charge in [0.2, 0.25) is 0 Å². The number of hydrogen-bond donors (Lipinski definition) is 1. The van der Waals surface area contributed by atoms with Gasteiger partial charge in [-0.15, -0.1) is 5.10 Å². The Bertz CT molecular complexity index is 1440. The maximum absolute atomic E-state index is 6.35. The third kappa shape index (κ3) is 4.12. The van der Waals surface area contributed by atoms with Crippen molar-refractivity contribution in [2.75, 3.05) is 5.73 Å². The van der Waals surface area contributed by atoms with Gasteiger partial charge in [-0.25, -0.2) is 9.67 Å². The number of benzene rings is 2. The molecule has 0 aliphatic heterocycles. The maximum atomic E-state index is 6.35. The van der Waals surface area contributed by atoms with Gasteiger partial charge in [0.05, 0.1) is 29.4 Å². The zero-order valence-electron chi connectivity index (χ0n) is 19.7. The lowest BCUT2D eigenvalue weighted by Gasteiger charge is -2.10. The van der Waals surface area contributed by atoms with E-state index in [0.29, 0.717) is 18.8 Å². The number of aryl methyl sites for hydroxylation is 2. The molecule has 0 fully saturated rings. The Hall–Kier alpha value is -4.14. The number of hydrogen-bond acceptors (Lipinski definition) is 7. The standard InChI is InChI=1S/C25H27N7O2/c1-15(2)32-12-20(28-30-32)13-33-21-7-5-6-18(8-21)11-31-14-27-25-22(26)9-19(10-23(25)31)24-16(3)29-34-17(24)4/h5-10,12,14-15H,11,13,26H2,1-4H3. The summed E-state index contributed by atoms with van der Waals surface area (Å²) in [5, 5.41) is 12.4. The topological polar surface area (TPSA) is 110 Å². The molecule has 3 heterocycles. The monoisotopic (exact) mass is 457 g/mol. The third-order valence-electron chi connectivity index (χ3n) is 5.80. The molecule has 2 aromatic carbocycles. The molecule has 9 heteroatoms. The molecule has 9 nitrogen and oxygen atoms in total. The Balaban J connectivity index is 1.39. The molecule has 0 atom stereocenters. The number of fused-ring (bicyclic) bond motifs is 1. The lowest BCUT2D eigenvalue weighted by atomic mass is 10.0. The molecule has 0 saturated carbocycles. The van der Waals surface area contributed by atoms with E-state index in [1.54, 1.807) is 0 Å². The van der Waals surface area contributed by atoms with Crippen LogP contribution in [0.4, 0.5) is 5.69 Å². The average molecular weight is 458 g/mol. The summed E-state index contributed by atoms with van der Waals surface area (Å²) < 4.78 is 15.2. The van der Waals surface area contributed by atoms with Crippen LogP contribution in [-0.4, -0.2) is 29.7 Å². The molecule has 0 aliphatic rings. The molecule has 2 N–H and O–H groups in total. The van der Waals surface area contributed by atoms with Crippen molar-refractivity contribution in [1.82, 2.24) is 29.7 Å². The molecule has 0 spiro atoms. The van der Waals surface area contributed by atoms with Crippen molar-refractivity contribution in [3.8, 4) is 16.9 Å². The normalized spacial score (nSPS) is 11.6. The fourth-order valence-electron chi connectivity index (χ4n) is 4.08. The minimum Gasteiger partial charge on any atom is -0.487 e. The van der Waals surface area contributed by atoms with E-state index in [1.165, 1.54) is 0 Å². The highest BCUT2D eigenvalue weighted by Crippen LogP contribution is 2.33. The van der Waals surface area contributed by atoms with Gasteiger partial charge in [-0.1, -0.05) is 22.5 Å². The van der Waals surface area contributed by atoms with E-state index in [2.05, 4.69) is 51.0 Å². The van der Waals surface area contributed by atoms with Crippen LogP contribution < -0.4 is 10.5 Å². The van der Waals surface area contributed by atoms with Crippen LogP contribution in [0.2, 0.25) is 0 Å². The Kier molecular flexibility index (Phi) is 5.53. The SMILES string of the molecule is Cc1noc(C)c1-c1cc(N)c2ncn(Cc3cccc(OCc4cn(C(C)C)nn4)c3)c2c1. The highest BCUT2D eigenvalue weighted by atomic mass is 16.5. The number of nitrogen functional groups attached to an aromatic ring is 1. The summed E-state index contributed by atoms with van der Waals surface area (Å²) in [6.45, 7) is 8.95. The zero-order valence-corrected chi connectivity index (χ0v) is 19.7. The molecule has 5 aromatic rings. The van der Waals surface area contributed by atoms with Crippen molar-refractivity contribution >= 4 is 16.7 Å². The van der Waals surface area contributed by atoms with Crippen LogP contribution in [0.1, 0.15) is 42.6 Å². The molecule has 5 rings (SSSR count). The first-order valence-electron chi connectivity index (χ1n) is 11.2. The van der Waals surface area contributed by atoms with Crippen LogP contribution in [0, 0.1) is 13.8 Å². The second kappa shape index (κ2) is 8.66. The van der Waals surface area contributed by atoms with Crippen LogP contribution >= 0.6 is 0 Å². The van der Waals surface area contributed by atoms with E-state index in [0.717, 1.165) is 50.6 Å². The third-order valence-corrected chi connectivity index (χ3v) is 5.80. The quantitative estimate of drug-likeness (QED) is 0.353. The zero-order chi connectivity index (χ0) is 23.8. The Labute approximate surface area is 197 Å². The van der Waals surface area contributed by atoms with Crippen molar-refractivity contribution in [3.63, 3.8) is 0 Å². The number of aromatic nitrogens is 6. The Morgan fingerprint density at radius 1 is 1.15 bits per heavy atom. The second-order valence-electron chi connectivity index (χ2n) is 8.72. The summed E-state index contributed by atoms with van der Waals surface area (Å²) in [5.41, 5.74) is 13.3. The largest absolute Gasteiger partial charge is 0.487 e. The van der Waals surface area contributed by atoms with Gasteiger partial charge >= 0.3 is 0 Å². The summed E-state index contributed by atoms with van der Waals surface area (Å²) in [7, 11) is 0. The lowest BCUT2D eigenvalue weighted by Crippen LogP contribution is -2.01. The molecule has 0 saturated heterocycles. The first-order valence-corrected chi connectivity index (χ1v) is 11.2. The molecular weight excluding hydrogens is 430 g/mol. The summed E-state index contributed by atoms with van der Waals surface area (Å²) in [6.07, 6.45) is 3.73. The number of rotatable bonds is 7. The van der Waals surface area contributed by atoms with Gasteiger partial charge in [0.1, 0.15) is 29.3 Å². The fraction of sp³-hybridized carbons (Fsp3) is 0.280.